The van der Waals surface area contributed by atoms with Crippen molar-refractivity contribution in [2.75, 3.05) is 13.6 Å². The molecule has 1 aromatic heterocycles. The quantitative estimate of drug-likeness (QED) is 0.854. The average Bonchev–Trinajstić information content (AvgIpc) is 3.07. The minimum absolute atomic E-state index is 0.490. The molecular weight excluding hydrogens is 222 g/mol. The average molecular weight is 240 g/mol. The van der Waals surface area contributed by atoms with Gasteiger partial charge in [0.15, 0.2) is 0 Å². The SMILES string of the molecule is CN(Cc1ccncc1Cl)C(CN)C1CC1. The van der Waals surface area contributed by atoms with Crippen LogP contribution in [0.25, 0.3) is 0 Å². The second-order valence-corrected chi connectivity index (χ2v) is 4.93. The molecule has 88 valence electrons. The van der Waals surface area contributed by atoms with Crippen molar-refractivity contribution in [1.29, 1.82) is 0 Å². The Labute approximate surface area is 102 Å². The first-order valence-electron chi connectivity index (χ1n) is 5.71. The maximum Gasteiger partial charge on any atom is 0.0634 e. The molecule has 2 N–H and O–H groups in total. The van der Waals surface area contributed by atoms with Gasteiger partial charge in [0.1, 0.15) is 0 Å². The van der Waals surface area contributed by atoms with Crippen LogP contribution >= 0.6 is 11.6 Å². The predicted molar refractivity (Wildman–Crippen MR) is 66.3 cm³/mol. The molecule has 1 aliphatic rings. The molecule has 3 nitrogen and oxygen atoms in total. The number of nitrogens with zero attached hydrogens (tertiary/aromatic N) is 2. The van der Waals surface area contributed by atoms with Crippen LogP contribution in [0.4, 0.5) is 0 Å². The van der Waals surface area contributed by atoms with Gasteiger partial charge in [0.2, 0.25) is 0 Å². The van der Waals surface area contributed by atoms with Gasteiger partial charge in [0.05, 0.1) is 5.02 Å². The summed E-state index contributed by atoms with van der Waals surface area (Å²) in [7, 11) is 2.12. The van der Waals surface area contributed by atoms with Crippen LogP contribution in [-0.4, -0.2) is 29.5 Å². The van der Waals surface area contributed by atoms with E-state index in [4.69, 9.17) is 17.3 Å². The molecule has 1 atom stereocenters. The van der Waals surface area contributed by atoms with Crippen LogP contribution in [0.15, 0.2) is 18.5 Å². The summed E-state index contributed by atoms with van der Waals surface area (Å²) in [6.07, 6.45) is 6.11. The highest BCUT2D eigenvalue weighted by atomic mass is 35.5. The van der Waals surface area contributed by atoms with Gasteiger partial charge in [0.25, 0.3) is 0 Å². The van der Waals surface area contributed by atoms with Crippen LogP contribution in [0.3, 0.4) is 0 Å². The van der Waals surface area contributed by atoms with E-state index in [1.54, 1.807) is 12.4 Å². The molecule has 1 saturated carbocycles. The Kier molecular flexibility index (Phi) is 3.79. The van der Waals surface area contributed by atoms with E-state index in [2.05, 4.69) is 16.9 Å². The Morgan fingerprint density at radius 2 is 2.38 bits per heavy atom. The Hall–Kier alpha value is -0.640. The Morgan fingerprint density at radius 3 is 2.94 bits per heavy atom. The molecule has 1 fully saturated rings. The summed E-state index contributed by atoms with van der Waals surface area (Å²) in [5.74, 6) is 0.788. The molecule has 1 unspecified atom stereocenters. The molecule has 1 aliphatic carbocycles. The van der Waals surface area contributed by atoms with E-state index >= 15 is 0 Å². The Balaban J connectivity index is 2.00. The number of hydrogen-bond donors (Lipinski definition) is 1. The third-order valence-electron chi connectivity index (χ3n) is 3.25. The fourth-order valence-corrected chi connectivity index (χ4v) is 2.31. The summed E-state index contributed by atoms with van der Waals surface area (Å²) >= 11 is 6.09. The first-order valence-corrected chi connectivity index (χ1v) is 6.09. The van der Waals surface area contributed by atoms with Gasteiger partial charge in [-0.2, -0.15) is 0 Å². The predicted octanol–water partition coefficient (Wildman–Crippen LogP) is 1.90. The van der Waals surface area contributed by atoms with Gasteiger partial charge >= 0.3 is 0 Å². The minimum Gasteiger partial charge on any atom is -0.329 e. The van der Waals surface area contributed by atoms with Gasteiger partial charge in [-0.05, 0) is 37.4 Å². The standard InChI is InChI=1S/C12H18ClN3/c1-16(12(6-14)9-2-3-9)8-10-4-5-15-7-11(10)13/h4-5,7,9,12H,2-3,6,8,14H2,1H3. The van der Waals surface area contributed by atoms with Gasteiger partial charge in [-0.1, -0.05) is 11.6 Å². The summed E-state index contributed by atoms with van der Waals surface area (Å²) in [5.41, 5.74) is 6.94. The van der Waals surface area contributed by atoms with E-state index < -0.39 is 0 Å². The molecule has 0 amide bonds. The normalized spacial score (nSPS) is 17.8. The van der Waals surface area contributed by atoms with Crippen molar-refractivity contribution in [3.05, 3.63) is 29.0 Å². The highest BCUT2D eigenvalue weighted by molar-refractivity contribution is 6.31. The maximum absolute atomic E-state index is 6.09. The topological polar surface area (TPSA) is 42.2 Å². The van der Waals surface area contributed by atoms with E-state index in [1.807, 2.05) is 6.07 Å². The molecule has 0 aromatic carbocycles. The van der Waals surface area contributed by atoms with Gasteiger partial charge in [-0.15, -0.1) is 0 Å². The number of pyridine rings is 1. The lowest BCUT2D eigenvalue weighted by atomic mass is 10.1. The fraction of sp³-hybridized carbons (Fsp3) is 0.583. The summed E-state index contributed by atoms with van der Waals surface area (Å²) in [6, 6.07) is 2.46. The molecule has 1 aromatic rings. The maximum atomic E-state index is 6.09. The lowest BCUT2D eigenvalue weighted by Crippen LogP contribution is -2.39. The van der Waals surface area contributed by atoms with Crippen LogP contribution < -0.4 is 5.73 Å². The molecule has 0 spiro atoms. The third-order valence-corrected chi connectivity index (χ3v) is 3.59. The molecule has 0 bridgehead atoms. The zero-order chi connectivity index (χ0) is 11.5. The summed E-state index contributed by atoms with van der Waals surface area (Å²) in [5, 5.41) is 0.737. The third kappa shape index (κ3) is 2.73. The Morgan fingerprint density at radius 1 is 1.62 bits per heavy atom. The largest absolute Gasteiger partial charge is 0.329 e. The zero-order valence-electron chi connectivity index (χ0n) is 9.56. The summed E-state index contributed by atoms with van der Waals surface area (Å²) in [4.78, 5) is 6.29. The van der Waals surface area contributed by atoms with E-state index in [-0.39, 0.29) is 0 Å². The van der Waals surface area contributed by atoms with Crippen LogP contribution in [0, 0.1) is 5.92 Å². The van der Waals surface area contributed by atoms with Crippen LogP contribution in [0.1, 0.15) is 18.4 Å². The lowest BCUT2D eigenvalue weighted by Gasteiger charge is -2.27. The number of hydrogen-bond acceptors (Lipinski definition) is 3. The van der Waals surface area contributed by atoms with Crippen molar-refractivity contribution >= 4 is 11.6 Å². The lowest BCUT2D eigenvalue weighted by molar-refractivity contribution is 0.215. The van der Waals surface area contributed by atoms with E-state index in [9.17, 15) is 0 Å². The molecular formula is C12H18ClN3. The molecule has 16 heavy (non-hydrogen) atoms. The highest BCUT2D eigenvalue weighted by Crippen LogP contribution is 2.35. The Bertz CT molecular complexity index is 352. The monoisotopic (exact) mass is 239 g/mol. The second kappa shape index (κ2) is 5.13. The van der Waals surface area contributed by atoms with Crippen LogP contribution in [-0.2, 0) is 6.54 Å². The number of rotatable bonds is 5. The molecule has 0 radical (unpaired) electrons. The van der Waals surface area contributed by atoms with Crippen molar-refractivity contribution < 1.29 is 0 Å². The number of likely N-dealkylation sites (N-methyl/N-ethyl adjacent to an activating group) is 1. The van der Waals surface area contributed by atoms with Crippen LogP contribution in [0.5, 0.6) is 0 Å². The van der Waals surface area contributed by atoms with Crippen molar-refractivity contribution in [1.82, 2.24) is 9.88 Å². The minimum atomic E-state index is 0.490. The van der Waals surface area contributed by atoms with E-state index in [1.165, 1.54) is 12.8 Å². The van der Waals surface area contributed by atoms with Gasteiger partial charge in [0, 0.05) is 31.5 Å². The molecule has 2 rings (SSSR count). The number of halogens is 1. The van der Waals surface area contributed by atoms with Crippen molar-refractivity contribution in [2.24, 2.45) is 11.7 Å². The summed E-state index contributed by atoms with van der Waals surface area (Å²) in [6.45, 7) is 1.57. The van der Waals surface area contributed by atoms with Crippen molar-refractivity contribution in [3.63, 3.8) is 0 Å². The van der Waals surface area contributed by atoms with Crippen molar-refractivity contribution in [2.45, 2.75) is 25.4 Å². The van der Waals surface area contributed by atoms with Gasteiger partial charge in [-0.3, -0.25) is 9.88 Å². The smallest absolute Gasteiger partial charge is 0.0634 e. The van der Waals surface area contributed by atoms with Gasteiger partial charge < -0.3 is 5.73 Å². The molecule has 0 aliphatic heterocycles. The second-order valence-electron chi connectivity index (χ2n) is 4.52. The van der Waals surface area contributed by atoms with E-state index in [0.717, 1.165) is 29.6 Å². The van der Waals surface area contributed by atoms with Crippen molar-refractivity contribution in [3.8, 4) is 0 Å². The van der Waals surface area contributed by atoms with Crippen LogP contribution in [0.2, 0.25) is 5.02 Å². The first kappa shape index (κ1) is 11.8. The first-order chi connectivity index (χ1) is 7.72. The zero-order valence-corrected chi connectivity index (χ0v) is 10.3. The van der Waals surface area contributed by atoms with E-state index in [0.29, 0.717) is 6.04 Å². The molecule has 0 saturated heterocycles. The molecule has 4 heteroatoms. The fourth-order valence-electron chi connectivity index (χ4n) is 2.13. The number of aromatic nitrogens is 1. The summed E-state index contributed by atoms with van der Waals surface area (Å²) < 4.78 is 0. The highest BCUT2D eigenvalue weighted by Gasteiger charge is 2.32. The van der Waals surface area contributed by atoms with Gasteiger partial charge in [-0.25, -0.2) is 0 Å². The molecule has 1 heterocycles. The number of nitrogens with two attached hydrogens (primary N) is 1.